The highest BCUT2D eigenvalue weighted by Gasteiger charge is 2.13. The summed E-state index contributed by atoms with van der Waals surface area (Å²) in [6, 6.07) is 5.42. The van der Waals surface area contributed by atoms with Gasteiger partial charge in [-0.3, -0.25) is 9.78 Å². The number of rotatable bonds is 2. The summed E-state index contributed by atoms with van der Waals surface area (Å²) in [6.07, 6.45) is 1.52. The van der Waals surface area contributed by atoms with Gasteiger partial charge in [-0.2, -0.15) is 0 Å². The Bertz CT molecular complexity index is 651. The molecule has 2 aromatic rings. The zero-order valence-corrected chi connectivity index (χ0v) is 9.69. The lowest BCUT2D eigenvalue weighted by atomic mass is 10.3. The minimum atomic E-state index is -0.159. The second-order valence-corrected chi connectivity index (χ2v) is 3.94. The van der Waals surface area contributed by atoms with Crippen LogP contribution in [0.5, 0.6) is 11.5 Å². The third-order valence-corrected chi connectivity index (χ3v) is 2.61. The van der Waals surface area contributed by atoms with E-state index >= 15 is 0 Å². The first-order valence-electron chi connectivity index (χ1n) is 5.45. The standard InChI is InChI=1S/C12H11N3O3/c1-7-5-13-12(15-11(7)16)14-8-2-3-9-10(4-8)18-6-17-9/h2-5H,6H2,1H3,(H2,13,14,15,16). The Morgan fingerprint density at radius 2 is 2.17 bits per heavy atom. The van der Waals surface area contributed by atoms with Crippen molar-refractivity contribution in [3.05, 3.63) is 40.3 Å². The van der Waals surface area contributed by atoms with Crippen LogP contribution in [0.4, 0.5) is 11.6 Å². The molecule has 1 aliphatic heterocycles. The predicted molar refractivity (Wildman–Crippen MR) is 65.4 cm³/mol. The summed E-state index contributed by atoms with van der Waals surface area (Å²) in [5.41, 5.74) is 1.19. The first-order chi connectivity index (χ1) is 8.72. The van der Waals surface area contributed by atoms with Crippen LogP contribution in [0.3, 0.4) is 0 Å². The smallest absolute Gasteiger partial charge is 0.255 e. The Balaban J connectivity index is 1.88. The second kappa shape index (κ2) is 4.06. The van der Waals surface area contributed by atoms with E-state index in [-0.39, 0.29) is 12.4 Å². The topological polar surface area (TPSA) is 76.2 Å². The number of H-pyrrole nitrogens is 1. The van der Waals surface area contributed by atoms with Crippen LogP contribution in [0, 0.1) is 6.92 Å². The van der Waals surface area contributed by atoms with E-state index < -0.39 is 0 Å². The van der Waals surface area contributed by atoms with Gasteiger partial charge in [0, 0.05) is 23.5 Å². The van der Waals surface area contributed by atoms with E-state index in [9.17, 15) is 4.79 Å². The van der Waals surface area contributed by atoms with Crippen LogP contribution in [0.15, 0.2) is 29.2 Å². The van der Waals surface area contributed by atoms with Crippen molar-refractivity contribution in [2.24, 2.45) is 0 Å². The van der Waals surface area contributed by atoms with Gasteiger partial charge < -0.3 is 14.8 Å². The van der Waals surface area contributed by atoms with E-state index in [1.165, 1.54) is 6.20 Å². The van der Waals surface area contributed by atoms with E-state index in [4.69, 9.17) is 9.47 Å². The molecule has 0 atom stereocenters. The van der Waals surface area contributed by atoms with Gasteiger partial charge in [0.15, 0.2) is 11.5 Å². The molecule has 0 saturated carbocycles. The van der Waals surface area contributed by atoms with Crippen molar-refractivity contribution < 1.29 is 9.47 Å². The molecule has 3 rings (SSSR count). The number of benzene rings is 1. The van der Waals surface area contributed by atoms with Crippen molar-refractivity contribution in [2.75, 3.05) is 12.1 Å². The van der Waals surface area contributed by atoms with Crippen LogP contribution in [-0.2, 0) is 0 Å². The summed E-state index contributed by atoms with van der Waals surface area (Å²) in [4.78, 5) is 18.2. The lowest BCUT2D eigenvalue weighted by Gasteiger charge is -2.06. The van der Waals surface area contributed by atoms with Gasteiger partial charge in [-0.15, -0.1) is 0 Å². The van der Waals surface area contributed by atoms with Crippen molar-refractivity contribution >= 4 is 11.6 Å². The highest BCUT2D eigenvalue weighted by atomic mass is 16.7. The van der Waals surface area contributed by atoms with E-state index in [0.29, 0.717) is 23.0 Å². The van der Waals surface area contributed by atoms with Crippen molar-refractivity contribution in [3.8, 4) is 11.5 Å². The highest BCUT2D eigenvalue weighted by molar-refractivity contribution is 5.60. The zero-order chi connectivity index (χ0) is 12.5. The van der Waals surface area contributed by atoms with E-state index in [1.54, 1.807) is 19.1 Å². The van der Waals surface area contributed by atoms with Gasteiger partial charge in [0.25, 0.3) is 5.56 Å². The summed E-state index contributed by atoms with van der Waals surface area (Å²) < 4.78 is 10.5. The molecule has 2 heterocycles. The number of nitrogens with one attached hydrogen (secondary N) is 2. The first kappa shape index (κ1) is 10.6. The monoisotopic (exact) mass is 245 g/mol. The van der Waals surface area contributed by atoms with Crippen LogP contribution in [0.25, 0.3) is 0 Å². The fraction of sp³-hybridized carbons (Fsp3) is 0.167. The van der Waals surface area contributed by atoms with E-state index in [1.807, 2.05) is 6.07 Å². The normalized spacial score (nSPS) is 12.5. The zero-order valence-electron chi connectivity index (χ0n) is 9.69. The van der Waals surface area contributed by atoms with Gasteiger partial charge in [0.1, 0.15) is 0 Å². The maximum Gasteiger partial charge on any atom is 0.255 e. The van der Waals surface area contributed by atoms with Gasteiger partial charge in [0.2, 0.25) is 12.7 Å². The maximum absolute atomic E-state index is 11.4. The van der Waals surface area contributed by atoms with Crippen LogP contribution in [0.2, 0.25) is 0 Å². The molecule has 0 aliphatic carbocycles. The van der Waals surface area contributed by atoms with E-state index in [2.05, 4.69) is 15.3 Å². The molecule has 6 nitrogen and oxygen atoms in total. The molecule has 0 radical (unpaired) electrons. The fourth-order valence-corrected chi connectivity index (χ4v) is 1.63. The van der Waals surface area contributed by atoms with Gasteiger partial charge in [0.05, 0.1) is 0 Å². The summed E-state index contributed by atoms with van der Waals surface area (Å²) in [5.74, 6) is 1.78. The molecular weight excluding hydrogens is 234 g/mol. The van der Waals surface area contributed by atoms with Crippen LogP contribution >= 0.6 is 0 Å². The molecule has 0 amide bonds. The van der Waals surface area contributed by atoms with Crippen LogP contribution in [-0.4, -0.2) is 16.8 Å². The van der Waals surface area contributed by atoms with Crippen LogP contribution < -0.4 is 20.3 Å². The van der Waals surface area contributed by atoms with E-state index in [0.717, 1.165) is 5.69 Å². The molecule has 0 saturated heterocycles. The number of ether oxygens (including phenoxy) is 2. The number of aromatic amines is 1. The Morgan fingerprint density at radius 3 is 3.00 bits per heavy atom. The molecule has 1 aliphatic rings. The lowest BCUT2D eigenvalue weighted by molar-refractivity contribution is 0.174. The third kappa shape index (κ3) is 1.88. The molecule has 1 aromatic heterocycles. The van der Waals surface area contributed by atoms with Crippen molar-refractivity contribution in [1.29, 1.82) is 0 Å². The minimum Gasteiger partial charge on any atom is -0.454 e. The van der Waals surface area contributed by atoms with Gasteiger partial charge >= 0.3 is 0 Å². The number of hydrogen-bond acceptors (Lipinski definition) is 5. The lowest BCUT2D eigenvalue weighted by Crippen LogP contribution is -2.12. The van der Waals surface area contributed by atoms with Crippen molar-refractivity contribution in [3.63, 3.8) is 0 Å². The Kier molecular flexibility index (Phi) is 2.40. The molecule has 0 unspecified atom stereocenters. The summed E-state index contributed by atoms with van der Waals surface area (Å²) >= 11 is 0. The number of nitrogens with zero attached hydrogens (tertiary/aromatic N) is 1. The number of hydrogen-bond donors (Lipinski definition) is 2. The van der Waals surface area contributed by atoms with Crippen LogP contribution in [0.1, 0.15) is 5.56 Å². The largest absolute Gasteiger partial charge is 0.454 e. The average molecular weight is 245 g/mol. The first-order valence-corrected chi connectivity index (χ1v) is 5.45. The molecule has 1 aromatic carbocycles. The fourth-order valence-electron chi connectivity index (χ4n) is 1.63. The summed E-state index contributed by atoms with van der Waals surface area (Å²) in [6.45, 7) is 1.94. The number of anilines is 2. The predicted octanol–water partition coefficient (Wildman–Crippen LogP) is 1.55. The molecule has 92 valence electrons. The Morgan fingerprint density at radius 1 is 1.33 bits per heavy atom. The maximum atomic E-state index is 11.4. The minimum absolute atomic E-state index is 0.159. The summed E-state index contributed by atoms with van der Waals surface area (Å²) in [5, 5.41) is 3.00. The SMILES string of the molecule is Cc1cnc(Nc2ccc3c(c2)OCO3)[nH]c1=O. The average Bonchev–Trinajstić information content (AvgIpc) is 2.81. The molecular formula is C12H11N3O3. The second-order valence-electron chi connectivity index (χ2n) is 3.94. The molecule has 0 fully saturated rings. The Labute approximate surface area is 103 Å². The summed E-state index contributed by atoms with van der Waals surface area (Å²) in [7, 11) is 0. The van der Waals surface area contributed by atoms with Crippen molar-refractivity contribution in [1.82, 2.24) is 9.97 Å². The molecule has 0 bridgehead atoms. The van der Waals surface area contributed by atoms with Gasteiger partial charge in [-0.25, -0.2) is 4.98 Å². The number of fused-ring (bicyclic) bond motifs is 1. The van der Waals surface area contributed by atoms with Crippen molar-refractivity contribution in [2.45, 2.75) is 6.92 Å². The molecule has 0 spiro atoms. The quantitative estimate of drug-likeness (QED) is 0.839. The Hall–Kier alpha value is -2.50. The van der Waals surface area contributed by atoms with Gasteiger partial charge in [-0.05, 0) is 19.1 Å². The molecule has 2 N–H and O–H groups in total. The third-order valence-electron chi connectivity index (χ3n) is 2.61. The van der Waals surface area contributed by atoms with Gasteiger partial charge in [-0.1, -0.05) is 0 Å². The molecule has 18 heavy (non-hydrogen) atoms. The molecule has 6 heteroatoms. The number of aryl methyl sites for hydroxylation is 1. The highest BCUT2D eigenvalue weighted by Crippen LogP contribution is 2.34. The number of aromatic nitrogens is 2.